The van der Waals surface area contributed by atoms with Gasteiger partial charge < -0.3 is 15.0 Å². The number of nitrogens with one attached hydrogen (secondary N) is 1. The number of carbonyl (C=O) groups is 2. The lowest BCUT2D eigenvalue weighted by molar-refractivity contribution is -0.140. The Morgan fingerprint density at radius 2 is 1.69 bits per heavy atom. The number of nitrogens with zero attached hydrogens (tertiary/aromatic N) is 2. The third-order valence-corrected chi connectivity index (χ3v) is 8.94. The van der Waals surface area contributed by atoms with Gasteiger partial charge >= 0.3 is 0 Å². The molecule has 1 saturated carbocycles. The molecule has 1 aliphatic rings. The zero-order chi connectivity index (χ0) is 30.3. The minimum Gasteiger partial charge on any atom is -0.497 e. The van der Waals surface area contributed by atoms with Crippen LogP contribution in [0.15, 0.2) is 72.8 Å². The van der Waals surface area contributed by atoms with Gasteiger partial charge in [-0.3, -0.25) is 13.9 Å². The van der Waals surface area contributed by atoms with Crippen LogP contribution in [-0.2, 0) is 32.6 Å². The van der Waals surface area contributed by atoms with Crippen LogP contribution in [-0.4, -0.2) is 57.1 Å². The molecule has 0 unspecified atom stereocenters. The molecule has 1 atom stereocenters. The number of hydrogen-bond acceptors (Lipinski definition) is 5. The molecule has 1 aliphatic carbocycles. The minimum atomic E-state index is -3.89. The Morgan fingerprint density at radius 3 is 2.36 bits per heavy atom. The van der Waals surface area contributed by atoms with Gasteiger partial charge in [0.05, 0.1) is 19.1 Å². The lowest BCUT2D eigenvalue weighted by atomic mass is 10.0. The van der Waals surface area contributed by atoms with Crippen molar-refractivity contribution in [1.29, 1.82) is 0 Å². The third kappa shape index (κ3) is 8.26. The van der Waals surface area contributed by atoms with Gasteiger partial charge in [0.2, 0.25) is 21.8 Å². The molecule has 0 aromatic heterocycles. The molecule has 0 aliphatic heterocycles. The molecular weight excluding hydrogens is 574 g/mol. The Balaban J connectivity index is 1.75. The van der Waals surface area contributed by atoms with Crippen molar-refractivity contribution in [3.05, 3.63) is 94.5 Å². The number of ether oxygens (including phenoxy) is 1. The molecule has 4 rings (SSSR count). The summed E-state index contributed by atoms with van der Waals surface area (Å²) in [6.45, 7) is 1.35. The van der Waals surface area contributed by atoms with E-state index < -0.39 is 28.5 Å². The largest absolute Gasteiger partial charge is 0.497 e. The van der Waals surface area contributed by atoms with Crippen molar-refractivity contribution in [2.24, 2.45) is 0 Å². The molecule has 2 amide bonds. The first-order valence-corrected chi connectivity index (χ1v) is 16.3. The quantitative estimate of drug-likeness (QED) is 0.307. The number of hydrogen-bond donors (Lipinski definition) is 1. The SMILES string of the molecule is COc1cccc(CN(C(=O)CN(c2cc(Cl)ccc2C)S(C)(=O)=O)[C@@H](Cc2ccccc2)C(=O)NC2CCCC2)c1. The van der Waals surface area contributed by atoms with Crippen LogP contribution < -0.4 is 14.4 Å². The van der Waals surface area contributed by atoms with Crippen molar-refractivity contribution in [3.63, 3.8) is 0 Å². The monoisotopic (exact) mass is 611 g/mol. The topological polar surface area (TPSA) is 96.0 Å². The van der Waals surface area contributed by atoms with Crippen molar-refractivity contribution in [2.75, 3.05) is 24.2 Å². The molecule has 0 radical (unpaired) electrons. The fourth-order valence-corrected chi connectivity index (χ4v) is 6.40. The maximum Gasteiger partial charge on any atom is 0.244 e. The summed E-state index contributed by atoms with van der Waals surface area (Å²) >= 11 is 6.23. The normalized spacial score (nSPS) is 14.3. The summed E-state index contributed by atoms with van der Waals surface area (Å²) in [6, 6.07) is 20.9. The van der Waals surface area contributed by atoms with Gasteiger partial charge in [-0.05, 0) is 60.7 Å². The minimum absolute atomic E-state index is 0.0474. The van der Waals surface area contributed by atoms with E-state index in [2.05, 4.69) is 5.32 Å². The molecule has 0 saturated heterocycles. The molecule has 0 bridgehead atoms. The van der Waals surface area contributed by atoms with Crippen LogP contribution in [0.2, 0.25) is 5.02 Å². The highest BCUT2D eigenvalue weighted by molar-refractivity contribution is 7.92. The molecule has 10 heteroatoms. The lowest BCUT2D eigenvalue weighted by Gasteiger charge is -2.34. The first-order valence-electron chi connectivity index (χ1n) is 14.1. The molecule has 0 spiro atoms. The van der Waals surface area contributed by atoms with Gasteiger partial charge in [-0.2, -0.15) is 0 Å². The fraction of sp³-hybridized carbons (Fsp3) is 0.375. The molecule has 42 heavy (non-hydrogen) atoms. The van der Waals surface area contributed by atoms with Gasteiger partial charge in [-0.1, -0.05) is 73.0 Å². The molecule has 1 N–H and O–H groups in total. The van der Waals surface area contributed by atoms with Crippen molar-refractivity contribution in [2.45, 2.75) is 57.7 Å². The fourth-order valence-electron chi connectivity index (χ4n) is 5.33. The van der Waals surface area contributed by atoms with Crippen molar-refractivity contribution >= 4 is 39.1 Å². The van der Waals surface area contributed by atoms with Crippen LogP contribution in [0.5, 0.6) is 5.75 Å². The summed E-state index contributed by atoms with van der Waals surface area (Å²) in [7, 11) is -2.32. The zero-order valence-corrected chi connectivity index (χ0v) is 25.8. The molecule has 3 aromatic rings. The number of amides is 2. The van der Waals surface area contributed by atoms with Crippen LogP contribution >= 0.6 is 11.6 Å². The number of aryl methyl sites for hydroxylation is 1. The third-order valence-electron chi connectivity index (χ3n) is 7.58. The first-order chi connectivity index (χ1) is 20.0. The second-order valence-electron chi connectivity index (χ2n) is 10.8. The van der Waals surface area contributed by atoms with Crippen LogP contribution in [0.4, 0.5) is 5.69 Å². The highest BCUT2D eigenvalue weighted by Crippen LogP contribution is 2.27. The van der Waals surface area contributed by atoms with Crippen LogP contribution in [0, 0.1) is 6.92 Å². The number of benzene rings is 3. The van der Waals surface area contributed by atoms with Crippen molar-refractivity contribution < 1.29 is 22.7 Å². The van der Waals surface area contributed by atoms with Crippen molar-refractivity contribution in [1.82, 2.24) is 10.2 Å². The molecule has 3 aromatic carbocycles. The first kappa shape index (κ1) is 31.4. The Morgan fingerprint density at radius 1 is 1.00 bits per heavy atom. The summed E-state index contributed by atoms with van der Waals surface area (Å²) in [6.07, 6.45) is 5.20. The summed E-state index contributed by atoms with van der Waals surface area (Å²) in [5.41, 5.74) is 2.60. The highest BCUT2D eigenvalue weighted by atomic mass is 35.5. The van der Waals surface area contributed by atoms with Gasteiger partial charge in [0, 0.05) is 24.0 Å². The predicted octanol–water partition coefficient (Wildman–Crippen LogP) is 5.12. The van der Waals surface area contributed by atoms with Crippen LogP contribution in [0.1, 0.15) is 42.4 Å². The number of carbonyl (C=O) groups excluding carboxylic acids is 2. The van der Waals surface area contributed by atoms with Gasteiger partial charge in [-0.15, -0.1) is 0 Å². The van der Waals surface area contributed by atoms with E-state index >= 15 is 0 Å². The van der Waals surface area contributed by atoms with E-state index in [0.29, 0.717) is 22.0 Å². The highest BCUT2D eigenvalue weighted by Gasteiger charge is 2.34. The molecule has 8 nitrogen and oxygen atoms in total. The van der Waals surface area contributed by atoms with Crippen LogP contribution in [0.3, 0.4) is 0 Å². The standard InChI is InChI=1S/C32H38ClN3O5S/c1-23-16-17-26(33)20-29(23)36(42(3,39)40)22-31(37)35(21-25-12-9-15-28(18-25)41-2)30(19-24-10-5-4-6-11-24)32(38)34-27-13-7-8-14-27/h4-6,9-12,15-18,20,27,30H,7-8,13-14,19,21-22H2,1-3H3,(H,34,38)/t30-/m0/s1. The van der Waals surface area contributed by atoms with E-state index in [9.17, 15) is 18.0 Å². The van der Waals surface area contributed by atoms with E-state index in [-0.39, 0.29) is 24.9 Å². The van der Waals surface area contributed by atoms with Gasteiger partial charge in [-0.25, -0.2) is 8.42 Å². The second kappa shape index (κ2) is 14.1. The van der Waals surface area contributed by atoms with E-state index in [1.54, 1.807) is 32.2 Å². The van der Waals surface area contributed by atoms with E-state index in [4.69, 9.17) is 16.3 Å². The predicted molar refractivity (Wildman–Crippen MR) is 166 cm³/mol. The second-order valence-corrected chi connectivity index (χ2v) is 13.1. The number of methoxy groups -OCH3 is 1. The Labute approximate surface area is 253 Å². The maximum atomic E-state index is 14.3. The number of halogens is 1. The van der Waals surface area contributed by atoms with Crippen LogP contribution in [0.25, 0.3) is 0 Å². The van der Waals surface area contributed by atoms with Gasteiger partial charge in [0.25, 0.3) is 0 Å². The average Bonchev–Trinajstić information content (AvgIpc) is 3.48. The summed E-state index contributed by atoms with van der Waals surface area (Å²) in [4.78, 5) is 29.7. The Kier molecular flexibility index (Phi) is 10.5. The molecule has 1 fully saturated rings. The van der Waals surface area contributed by atoms with E-state index in [0.717, 1.165) is 47.4 Å². The summed E-state index contributed by atoms with van der Waals surface area (Å²) in [5, 5.41) is 3.52. The lowest BCUT2D eigenvalue weighted by Crippen LogP contribution is -2.54. The van der Waals surface area contributed by atoms with Crippen molar-refractivity contribution in [3.8, 4) is 5.75 Å². The van der Waals surface area contributed by atoms with E-state index in [1.165, 1.54) is 11.0 Å². The summed E-state index contributed by atoms with van der Waals surface area (Å²) < 4.78 is 32.5. The van der Waals surface area contributed by atoms with Gasteiger partial charge in [0.1, 0.15) is 18.3 Å². The summed E-state index contributed by atoms with van der Waals surface area (Å²) in [5.74, 6) is -0.154. The zero-order valence-electron chi connectivity index (χ0n) is 24.3. The average molecular weight is 612 g/mol. The molecule has 224 valence electrons. The van der Waals surface area contributed by atoms with E-state index in [1.807, 2.05) is 48.5 Å². The number of sulfonamides is 1. The molecular formula is C32H38ClN3O5S. The molecule has 0 heterocycles. The Bertz CT molecular complexity index is 1490. The number of anilines is 1. The maximum absolute atomic E-state index is 14.3. The Hall–Kier alpha value is -3.56. The van der Waals surface area contributed by atoms with Gasteiger partial charge in [0.15, 0.2) is 0 Å². The smallest absolute Gasteiger partial charge is 0.244 e. The number of rotatable bonds is 12.